The van der Waals surface area contributed by atoms with E-state index in [1.807, 2.05) is 0 Å². The maximum Gasteiger partial charge on any atom is 0.501 e. The lowest BCUT2D eigenvalue weighted by Gasteiger charge is -2.37. The van der Waals surface area contributed by atoms with Crippen molar-refractivity contribution >= 4 is 8.80 Å². The highest BCUT2D eigenvalue weighted by atomic mass is 28.4. The van der Waals surface area contributed by atoms with Crippen LogP contribution in [0.4, 0.5) is 0 Å². The molecule has 0 N–H and O–H groups in total. The van der Waals surface area contributed by atoms with Crippen LogP contribution in [0.3, 0.4) is 0 Å². The fourth-order valence-corrected chi connectivity index (χ4v) is 6.47. The molecule has 1 unspecified atom stereocenters. The van der Waals surface area contributed by atoms with Crippen molar-refractivity contribution in [2.75, 3.05) is 13.2 Å². The highest BCUT2D eigenvalue weighted by molar-refractivity contribution is 6.60. The Morgan fingerprint density at radius 3 is 1.91 bits per heavy atom. The maximum atomic E-state index is 6.67. The zero-order valence-corrected chi connectivity index (χ0v) is 16.4. The van der Waals surface area contributed by atoms with Crippen molar-refractivity contribution < 1.29 is 13.3 Å². The first-order valence-electron chi connectivity index (χ1n) is 9.67. The summed E-state index contributed by atoms with van der Waals surface area (Å²) in [6.45, 7) is 10.3. The topological polar surface area (TPSA) is 27.7 Å². The summed E-state index contributed by atoms with van der Waals surface area (Å²) in [6, 6.07) is 0.955. The molecule has 0 radical (unpaired) electrons. The molecule has 1 aliphatic carbocycles. The molecule has 0 spiro atoms. The first-order valence-corrected chi connectivity index (χ1v) is 11.6. The lowest BCUT2D eigenvalue weighted by molar-refractivity contribution is -0.00430. The average molecular weight is 331 g/mol. The number of rotatable bonds is 12. The van der Waals surface area contributed by atoms with Crippen LogP contribution in [-0.4, -0.2) is 28.1 Å². The van der Waals surface area contributed by atoms with E-state index < -0.39 is 8.80 Å². The molecule has 1 atom stereocenters. The molecule has 0 heterocycles. The maximum absolute atomic E-state index is 6.67. The molecule has 1 aliphatic rings. The average Bonchev–Trinajstić information content (AvgIpc) is 2.57. The van der Waals surface area contributed by atoms with Gasteiger partial charge in [-0.2, -0.15) is 0 Å². The van der Waals surface area contributed by atoms with E-state index in [2.05, 4.69) is 27.7 Å². The van der Waals surface area contributed by atoms with Crippen molar-refractivity contribution in [3.05, 3.63) is 0 Å². The zero-order chi connectivity index (χ0) is 16.3. The van der Waals surface area contributed by atoms with E-state index in [0.29, 0.717) is 12.0 Å². The molecule has 1 rings (SSSR count). The lowest BCUT2D eigenvalue weighted by Crippen LogP contribution is -2.50. The first-order chi connectivity index (χ1) is 10.7. The van der Waals surface area contributed by atoms with E-state index in [0.717, 1.165) is 44.9 Å². The fraction of sp³-hybridized carbons (Fsp3) is 1.00. The highest BCUT2D eigenvalue weighted by Gasteiger charge is 2.43. The van der Waals surface area contributed by atoms with Crippen LogP contribution < -0.4 is 0 Å². The van der Waals surface area contributed by atoms with Crippen LogP contribution in [0.1, 0.15) is 85.5 Å². The smallest absolute Gasteiger partial charge is 0.373 e. The molecule has 0 aromatic rings. The van der Waals surface area contributed by atoms with Crippen molar-refractivity contribution in [1.82, 2.24) is 0 Å². The van der Waals surface area contributed by atoms with Crippen LogP contribution in [0.5, 0.6) is 0 Å². The van der Waals surface area contributed by atoms with Gasteiger partial charge in [0.15, 0.2) is 0 Å². The molecule has 3 nitrogen and oxygen atoms in total. The van der Waals surface area contributed by atoms with Gasteiger partial charge in [-0.1, -0.05) is 53.4 Å². The first kappa shape index (κ1) is 20.1. The largest absolute Gasteiger partial charge is 0.501 e. The summed E-state index contributed by atoms with van der Waals surface area (Å²) in [4.78, 5) is 0. The van der Waals surface area contributed by atoms with Gasteiger partial charge in [0.05, 0.1) is 6.10 Å². The molecule has 0 aromatic heterocycles. The fourth-order valence-electron chi connectivity index (χ4n) is 3.38. The van der Waals surface area contributed by atoms with E-state index in [4.69, 9.17) is 13.3 Å². The second kappa shape index (κ2) is 11.6. The summed E-state index contributed by atoms with van der Waals surface area (Å²) in [5.74, 6) is 0.706. The van der Waals surface area contributed by atoms with E-state index in [1.54, 1.807) is 0 Å². The molecular formula is C18H38O3Si. The Labute approximate surface area is 139 Å². The van der Waals surface area contributed by atoms with Gasteiger partial charge in [-0.15, -0.1) is 0 Å². The molecule has 0 aromatic carbocycles. The van der Waals surface area contributed by atoms with Gasteiger partial charge in [0.1, 0.15) is 0 Å². The van der Waals surface area contributed by atoms with Crippen LogP contribution in [0.2, 0.25) is 6.04 Å². The van der Waals surface area contributed by atoms with Crippen LogP contribution in [0.25, 0.3) is 0 Å². The third kappa shape index (κ3) is 6.69. The molecule has 132 valence electrons. The number of hydrogen-bond acceptors (Lipinski definition) is 3. The van der Waals surface area contributed by atoms with Crippen molar-refractivity contribution in [2.24, 2.45) is 5.92 Å². The van der Waals surface area contributed by atoms with E-state index in [9.17, 15) is 0 Å². The summed E-state index contributed by atoms with van der Waals surface area (Å²) in [5, 5.41) is 0. The Hall–Kier alpha value is 0.0969. The quantitative estimate of drug-likeness (QED) is 0.438. The standard InChI is InChI=1S/C18H38O3Si/c1-5-14-19-22(16-7-3,20-15-6-2)21-18(8-4)17-12-10-9-11-13-17/h17-18H,5-16H2,1-4H3. The Morgan fingerprint density at radius 2 is 1.45 bits per heavy atom. The molecule has 0 saturated heterocycles. The molecule has 0 aliphatic heterocycles. The summed E-state index contributed by atoms with van der Waals surface area (Å²) < 4.78 is 19.1. The normalized spacial score (nSPS) is 18.5. The third-order valence-electron chi connectivity index (χ3n) is 4.52. The second-order valence-electron chi connectivity index (χ2n) is 6.59. The van der Waals surface area contributed by atoms with Gasteiger partial charge in [0, 0.05) is 19.3 Å². The second-order valence-corrected chi connectivity index (χ2v) is 9.27. The highest BCUT2D eigenvalue weighted by Crippen LogP contribution is 2.32. The molecular weight excluding hydrogens is 292 g/mol. The Morgan fingerprint density at radius 1 is 0.864 bits per heavy atom. The number of hydrogen-bond donors (Lipinski definition) is 0. The SMILES string of the molecule is CCCO[Si](CCC)(OCCC)OC(CC)C1CCCCC1. The van der Waals surface area contributed by atoms with E-state index >= 15 is 0 Å². The van der Waals surface area contributed by atoms with E-state index in [1.165, 1.54) is 32.1 Å². The van der Waals surface area contributed by atoms with Crippen molar-refractivity contribution in [2.45, 2.75) is 97.6 Å². The van der Waals surface area contributed by atoms with Crippen molar-refractivity contribution in [3.8, 4) is 0 Å². The Kier molecular flexibility index (Phi) is 10.6. The zero-order valence-electron chi connectivity index (χ0n) is 15.4. The van der Waals surface area contributed by atoms with Crippen LogP contribution in [0, 0.1) is 5.92 Å². The van der Waals surface area contributed by atoms with Crippen LogP contribution in [0.15, 0.2) is 0 Å². The third-order valence-corrected chi connectivity index (χ3v) is 7.58. The van der Waals surface area contributed by atoms with E-state index in [-0.39, 0.29) is 0 Å². The molecule has 1 fully saturated rings. The summed E-state index contributed by atoms with van der Waals surface area (Å²) in [5.41, 5.74) is 0. The molecule has 22 heavy (non-hydrogen) atoms. The summed E-state index contributed by atoms with van der Waals surface area (Å²) >= 11 is 0. The van der Waals surface area contributed by atoms with Gasteiger partial charge < -0.3 is 13.3 Å². The van der Waals surface area contributed by atoms with Crippen LogP contribution in [-0.2, 0) is 13.3 Å². The van der Waals surface area contributed by atoms with Gasteiger partial charge >= 0.3 is 8.80 Å². The minimum atomic E-state index is -2.51. The monoisotopic (exact) mass is 330 g/mol. The summed E-state index contributed by atoms with van der Waals surface area (Å²) in [7, 11) is -2.51. The Bertz CT molecular complexity index is 259. The minimum absolute atomic E-state index is 0.326. The van der Waals surface area contributed by atoms with Gasteiger partial charge in [0.25, 0.3) is 0 Å². The predicted octanol–water partition coefficient (Wildman–Crippen LogP) is 5.56. The van der Waals surface area contributed by atoms with Gasteiger partial charge in [-0.3, -0.25) is 0 Å². The molecule has 4 heteroatoms. The van der Waals surface area contributed by atoms with Crippen LogP contribution >= 0.6 is 0 Å². The van der Waals surface area contributed by atoms with Crippen molar-refractivity contribution in [3.63, 3.8) is 0 Å². The lowest BCUT2D eigenvalue weighted by atomic mass is 9.84. The van der Waals surface area contributed by atoms with Crippen molar-refractivity contribution in [1.29, 1.82) is 0 Å². The summed E-state index contributed by atoms with van der Waals surface area (Å²) in [6.07, 6.45) is 11.3. The molecule has 0 bridgehead atoms. The van der Waals surface area contributed by atoms with Gasteiger partial charge in [-0.05, 0) is 38.0 Å². The molecule has 1 saturated carbocycles. The molecule has 0 amide bonds. The minimum Gasteiger partial charge on any atom is -0.373 e. The Balaban J connectivity index is 2.75. The van der Waals surface area contributed by atoms with Gasteiger partial charge in [0.2, 0.25) is 0 Å². The predicted molar refractivity (Wildman–Crippen MR) is 95.1 cm³/mol. The van der Waals surface area contributed by atoms with Gasteiger partial charge in [-0.25, -0.2) is 0 Å².